The number of pyridine rings is 1. The molecule has 1 amide bonds. The minimum absolute atomic E-state index is 0. The number of alkyl halides is 2. The zero-order chi connectivity index (χ0) is 89.0. The second-order valence-corrected chi connectivity index (χ2v) is 29.2. The van der Waals surface area contributed by atoms with E-state index in [9.17, 15) is 14.0 Å². The molecule has 21 nitrogen and oxygen atoms in total. The van der Waals surface area contributed by atoms with Crippen LogP contribution < -0.4 is 89.9 Å². The third-order valence-corrected chi connectivity index (χ3v) is 19.3. The van der Waals surface area contributed by atoms with Crippen molar-refractivity contribution < 1.29 is 92.9 Å². The van der Waals surface area contributed by atoms with Gasteiger partial charge in [-0.05, 0) is 178 Å². The third kappa shape index (κ3) is 41.6. The molecule has 6 N–H and O–H groups in total. The van der Waals surface area contributed by atoms with E-state index in [1.807, 2.05) is 133 Å². The van der Waals surface area contributed by atoms with Crippen molar-refractivity contribution in [1.29, 1.82) is 10.5 Å². The fourth-order valence-electron chi connectivity index (χ4n) is 10.7. The maximum atomic E-state index is 15.0. The van der Waals surface area contributed by atoms with Crippen molar-refractivity contribution in [2.24, 2.45) is 5.73 Å². The number of anilines is 5. The molecule has 0 aliphatic carbocycles. The number of H-pyrrole nitrogens is 1. The number of hydrogen-bond donors (Lipinski definition) is 5. The summed E-state index contributed by atoms with van der Waals surface area (Å²) in [5, 5.41) is 29.2. The van der Waals surface area contributed by atoms with Crippen molar-refractivity contribution in [1.82, 2.24) is 15.3 Å². The number of amides is 1. The SMILES string of the molecule is BrCCBr.C.C.C.C.C=C=C=C=C=C=C=C.CN1CCOc2cc(Br)ccc21.CN1CCOc2cc(C(C)(C)N)ccc21.CN1CCOc2cc(C(C)(C)NC(=O)c3cc4[nH]c5ccccc5c(=O)c4cc3F)ccc21.CNc1ccccc1O.[B].[B]B([B])B([B])B([B])[B].[B]C(=O)Cl.[C-]#N.[C-]#N.[C-]#[N+]c1ccc2c(c1)OCCN2C.[H-].[Na+].[Zn+2].c1ccc2ocnc2c1. The van der Waals surface area contributed by atoms with Crippen molar-refractivity contribution in [3.05, 3.63) is 273 Å². The van der Waals surface area contributed by atoms with Crippen LogP contribution in [0.25, 0.3) is 37.8 Å². The number of nitrogens with two attached hydrogens (primary N) is 1. The number of nitrogens with zero attached hydrogens (tertiary/aromatic N) is 8. The summed E-state index contributed by atoms with van der Waals surface area (Å²) in [6, 6.07) is 48.0. The minimum atomic E-state index is -0.861. The predicted molar refractivity (Wildman–Crippen MR) is 533 cm³/mol. The number of para-hydroxylation sites is 5. The third-order valence-electron chi connectivity index (χ3n) is 17.0. The Kier molecular flexibility index (Phi) is 65.6. The molecule has 4 aliphatic rings. The fraction of sp³-hybridized carbons (Fsp3) is 0.284. The van der Waals surface area contributed by atoms with Gasteiger partial charge < -0.3 is 94.5 Å². The van der Waals surface area contributed by atoms with Crippen molar-refractivity contribution in [3.8, 4) is 28.7 Å². The van der Waals surface area contributed by atoms with Gasteiger partial charge in [0, 0.05) is 138 Å². The fourth-order valence-corrected chi connectivity index (χ4v) is 11.0. The van der Waals surface area contributed by atoms with E-state index in [0.717, 1.165) is 129 Å². The molecular weight excluding hydrogens is 1860 g/mol. The van der Waals surface area contributed by atoms with Crippen LogP contribution in [-0.2, 0) is 30.6 Å². The van der Waals surface area contributed by atoms with E-state index in [4.69, 9.17) is 108 Å². The molecule has 6 heterocycles. The van der Waals surface area contributed by atoms with Gasteiger partial charge in [0.1, 0.15) is 66.5 Å². The first kappa shape index (κ1) is 125. The van der Waals surface area contributed by atoms with Gasteiger partial charge in [-0.1, -0.05) is 155 Å². The maximum Gasteiger partial charge on any atom is 2.00 e. The summed E-state index contributed by atoms with van der Waals surface area (Å²) in [7, 11) is 40.0. The van der Waals surface area contributed by atoms with E-state index in [2.05, 4.69) is 192 Å². The Morgan fingerprint density at radius 2 is 1.08 bits per heavy atom. The number of rotatable bonds is 8. The molecule has 0 bridgehead atoms. The molecule has 635 valence electrons. The number of nitrogens with one attached hydrogen (secondary N) is 3. The Hall–Kier alpha value is -9.38. The van der Waals surface area contributed by atoms with Crippen LogP contribution in [0.3, 0.4) is 0 Å². The van der Waals surface area contributed by atoms with Crippen molar-refractivity contribution in [3.63, 3.8) is 0 Å². The molecule has 14 rings (SSSR count). The van der Waals surface area contributed by atoms with Crippen LogP contribution in [0, 0.1) is 36.1 Å². The summed E-state index contributed by atoms with van der Waals surface area (Å²) in [5.41, 5.74) is 29.6. The summed E-state index contributed by atoms with van der Waals surface area (Å²) in [6.07, 6.45) is -0.329. The number of hydrogen-bond acceptors (Lipinski definition) is 18. The summed E-state index contributed by atoms with van der Waals surface area (Å²) in [5.74, 6) is 2.47. The molecule has 0 saturated carbocycles. The smallest absolute Gasteiger partial charge is 1.00 e. The second kappa shape index (κ2) is 66.1. The van der Waals surface area contributed by atoms with Crippen molar-refractivity contribution in [2.45, 2.75) is 68.5 Å². The first-order chi connectivity index (χ1) is 56.7. The molecular formula is C88H101B10Br3ClFN12NaO9Zn. The molecule has 38 heteroatoms. The topological polar surface area (TPSA) is 265 Å². The van der Waals surface area contributed by atoms with E-state index in [1.165, 1.54) is 18.1 Å². The van der Waals surface area contributed by atoms with Crippen LogP contribution in [0.15, 0.2) is 225 Å². The van der Waals surface area contributed by atoms with Crippen LogP contribution >= 0.6 is 59.4 Å². The average molecular weight is 1960 g/mol. The number of oxazole rings is 1. The predicted octanol–water partition coefficient (Wildman–Crippen LogP) is 14.1. The van der Waals surface area contributed by atoms with E-state index in [-0.39, 0.29) is 110 Å². The number of phenolic OH excluding ortho intramolecular Hbond substituents is 1. The molecule has 0 spiro atoms. The molecule has 10 aromatic rings. The molecule has 126 heavy (non-hydrogen) atoms. The molecule has 4 aliphatic heterocycles. The van der Waals surface area contributed by atoms with Crippen LogP contribution in [0.1, 0.15) is 80.3 Å². The Morgan fingerprint density at radius 3 is 1.51 bits per heavy atom. The second-order valence-electron chi connectivity index (χ2n) is 26.4. The molecule has 0 fully saturated rings. The van der Waals surface area contributed by atoms with Crippen LogP contribution in [0.5, 0.6) is 28.7 Å². The minimum Gasteiger partial charge on any atom is -1.00 e. The quantitative estimate of drug-likeness (QED) is 0.0180. The number of likely N-dealkylation sites (N-methyl/N-ethyl adjacent to an activating group) is 4. The van der Waals surface area contributed by atoms with Gasteiger partial charge in [-0.25, -0.2) is 14.2 Å². The first-order valence-electron chi connectivity index (χ1n) is 36.1. The first-order valence-corrected chi connectivity index (χ1v) is 39.5. The monoisotopic (exact) mass is 1960 g/mol. The van der Waals surface area contributed by atoms with Crippen LogP contribution in [0.2, 0.25) is 0 Å². The average Bonchev–Trinajstić information content (AvgIpc) is 1.26. The Labute approximate surface area is 822 Å². The standard InChI is InChI=1S/C26H24FN3O3.C12H18N2O.C10H10N2O.C9H10BrNO.C8H4.C7H5NO.C7H9NO.C2H4Br2.CBClO.2CN.4CH4.B8.B.Na.Zn.H/c1-26(2,15-8-9-22-23(12-15)33-11-10-30(22)3)29-25(32)17-14-21-18(13-19(17)27)24(31)16-6-4-5-7-20(16)28-21;1-12(2,13)9-4-5-10-11(8-9)15-7-6-14(10)3;1-11-8-3-4-9-10(7-8)13-6-5-12(9)2;1-11-4-5-12-9-6-7(10)2-3-8(9)11;1-3-5-7-8-6-4-2;1-2-4-7-6(3-1)8-5-9-7;1-8-6-4-2-3-5-7(6)9;3-1-2-4;2-1(3)4;2*1-2;;;;;1-6(2)8(5)7(3)4;;;;/h4-9,12-14H,10-11H2,1-3H3,(H,28,31)(H,29,32);4-5,8H,6-7,13H2,1-3H3;3-4,7H,5-6H2,2H3;2-3,6H,4-5H2,1H3;1-2H2;1-5H;2-5,8-9H,1H3;1-2H2;;;;4*1H4;;;;;/q;;;;;;;;;2*-1;;;;;;;+1;+2;-1. The summed E-state index contributed by atoms with van der Waals surface area (Å²) < 4.78 is 43.4. The van der Waals surface area contributed by atoms with Crippen molar-refractivity contribution in [2.75, 3.05) is 123 Å². The Balaban J connectivity index is -0.000000338. The van der Waals surface area contributed by atoms with Crippen LogP contribution in [0.4, 0.5) is 43.3 Å². The van der Waals surface area contributed by atoms with Gasteiger partial charge >= 0.3 is 49.0 Å². The summed E-state index contributed by atoms with van der Waals surface area (Å²) in [6.45, 7) is 37.0. The molecule has 0 atom stereocenters. The van der Waals surface area contributed by atoms with Crippen LogP contribution in [-0.4, -0.2) is 199 Å². The number of halogens is 5. The van der Waals surface area contributed by atoms with Gasteiger partial charge in [-0.3, -0.25) is 14.4 Å². The number of ether oxygens (including phenoxy) is 4. The van der Waals surface area contributed by atoms with E-state index < -0.39 is 41.6 Å². The van der Waals surface area contributed by atoms with E-state index >= 15 is 0 Å². The molecule has 15 radical (unpaired) electrons. The van der Waals surface area contributed by atoms with Gasteiger partial charge in [0.05, 0.1) is 77.8 Å². The summed E-state index contributed by atoms with van der Waals surface area (Å²) in [4.78, 5) is 54.0. The number of phenols is 1. The number of aromatic hydroxyl groups is 1. The number of aromatic amines is 1. The van der Waals surface area contributed by atoms with Gasteiger partial charge in [-0.2, -0.15) is 0 Å². The summed E-state index contributed by atoms with van der Waals surface area (Å²) >= 11 is 14.2. The zero-order valence-electron chi connectivity index (χ0n) is 70.8. The van der Waals surface area contributed by atoms with Gasteiger partial charge in [0.25, 0.3) is 5.91 Å². The van der Waals surface area contributed by atoms with Crippen molar-refractivity contribution >= 4 is 212 Å². The zero-order valence-corrected chi connectivity index (χ0v) is 80.3. The number of aromatic nitrogens is 2. The molecule has 8 aromatic carbocycles. The van der Waals surface area contributed by atoms with E-state index in [1.54, 1.807) is 43.4 Å². The maximum absolute atomic E-state index is 15.0. The van der Waals surface area contributed by atoms with E-state index in [0.29, 0.717) is 41.1 Å². The van der Waals surface area contributed by atoms with Gasteiger partial charge in [0.2, 0.25) is 0 Å². The Bertz CT molecular complexity index is 5310. The largest absolute Gasteiger partial charge is 2.00 e. The Morgan fingerprint density at radius 1 is 0.659 bits per heavy atom. The number of carbonyl (C=O) groups excluding carboxylic acids is 2. The number of benzene rings is 8. The molecule has 2 aromatic heterocycles. The number of fused-ring (bicyclic) bond motifs is 7. The normalized spacial score (nSPS) is 11.0. The number of carbonyl (C=O) groups is 2. The molecule has 0 saturated heterocycles. The van der Waals surface area contributed by atoms with Gasteiger partial charge in [-0.15, -0.1) is 0 Å². The molecule has 0 unspecified atom stereocenters. The van der Waals surface area contributed by atoms with Gasteiger partial charge in [0.15, 0.2) is 36.1 Å².